The van der Waals surface area contributed by atoms with Crippen LogP contribution in [0.15, 0.2) is 72.8 Å². The molecule has 0 aliphatic carbocycles. The standard InChI is InChI=1S/C29H32N4O2/c1-20-8-12-22(13-9-20)16-27(28(34)31-18-24(19-31)35-3)33-26-7-5-4-6-25(26)32(29(33)30)17-23-14-10-21(2)11-15-23/h4-15,24,27,30H,16-19H2,1-3H3. The van der Waals surface area contributed by atoms with Crippen molar-refractivity contribution in [2.24, 2.45) is 0 Å². The van der Waals surface area contributed by atoms with Gasteiger partial charge in [0.15, 0.2) is 0 Å². The van der Waals surface area contributed by atoms with E-state index in [2.05, 4.69) is 62.4 Å². The van der Waals surface area contributed by atoms with E-state index in [1.165, 1.54) is 11.1 Å². The molecule has 3 aromatic carbocycles. The number of ether oxygens (including phenoxy) is 1. The molecule has 1 atom stereocenters. The number of aryl methyl sites for hydroxylation is 2. The monoisotopic (exact) mass is 468 g/mol. The van der Waals surface area contributed by atoms with Gasteiger partial charge in [-0.15, -0.1) is 0 Å². The van der Waals surface area contributed by atoms with Crippen LogP contribution < -0.4 is 5.62 Å². The number of hydrogen-bond donors (Lipinski definition) is 1. The number of likely N-dealkylation sites (tertiary alicyclic amines) is 1. The molecule has 6 heteroatoms. The van der Waals surface area contributed by atoms with E-state index >= 15 is 0 Å². The molecule has 0 bridgehead atoms. The van der Waals surface area contributed by atoms with Gasteiger partial charge in [0.05, 0.1) is 23.7 Å². The van der Waals surface area contributed by atoms with Crippen molar-refractivity contribution in [2.75, 3.05) is 20.2 Å². The van der Waals surface area contributed by atoms with Gasteiger partial charge in [0.1, 0.15) is 6.04 Å². The van der Waals surface area contributed by atoms with Crippen molar-refractivity contribution < 1.29 is 9.53 Å². The molecule has 5 rings (SSSR count). The number of benzene rings is 3. The highest BCUT2D eigenvalue weighted by Gasteiger charge is 2.36. The number of amides is 1. The van der Waals surface area contributed by atoms with Gasteiger partial charge in [-0.2, -0.15) is 0 Å². The molecule has 6 nitrogen and oxygen atoms in total. The molecule has 0 spiro atoms. The van der Waals surface area contributed by atoms with E-state index in [0.29, 0.717) is 31.7 Å². The van der Waals surface area contributed by atoms with E-state index in [1.807, 2.05) is 38.3 Å². The van der Waals surface area contributed by atoms with Crippen LogP contribution in [0.3, 0.4) is 0 Å². The molecule has 1 aliphatic heterocycles. The number of imidazole rings is 1. The lowest BCUT2D eigenvalue weighted by molar-refractivity contribution is -0.146. The predicted molar refractivity (Wildman–Crippen MR) is 137 cm³/mol. The van der Waals surface area contributed by atoms with Crippen LogP contribution in [0.2, 0.25) is 0 Å². The summed E-state index contributed by atoms with van der Waals surface area (Å²) in [5.41, 5.74) is 6.80. The summed E-state index contributed by atoms with van der Waals surface area (Å²) >= 11 is 0. The van der Waals surface area contributed by atoms with E-state index in [1.54, 1.807) is 7.11 Å². The first-order chi connectivity index (χ1) is 16.9. The maximum Gasteiger partial charge on any atom is 0.246 e. The van der Waals surface area contributed by atoms with Crippen LogP contribution in [0.25, 0.3) is 11.0 Å². The number of para-hydroxylation sites is 2. The van der Waals surface area contributed by atoms with Crippen molar-refractivity contribution in [1.82, 2.24) is 14.0 Å². The molecule has 1 N–H and O–H groups in total. The number of carbonyl (C=O) groups excluding carboxylic acids is 1. The van der Waals surface area contributed by atoms with Crippen LogP contribution in [0, 0.1) is 19.3 Å². The zero-order chi connectivity index (χ0) is 24.5. The Morgan fingerprint density at radius 3 is 2.09 bits per heavy atom. The quantitative estimate of drug-likeness (QED) is 0.441. The van der Waals surface area contributed by atoms with Gasteiger partial charge in [0, 0.05) is 26.6 Å². The molecule has 35 heavy (non-hydrogen) atoms. The molecule has 0 radical (unpaired) electrons. The normalized spacial score (nSPS) is 14.8. The Morgan fingerprint density at radius 1 is 0.914 bits per heavy atom. The first kappa shape index (κ1) is 23.1. The zero-order valence-corrected chi connectivity index (χ0v) is 20.6. The van der Waals surface area contributed by atoms with E-state index in [-0.39, 0.29) is 12.0 Å². The minimum absolute atomic E-state index is 0.0376. The minimum Gasteiger partial charge on any atom is -0.378 e. The fraction of sp³-hybridized carbons (Fsp3) is 0.310. The fourth-order valence-electron chi connectivity index (χ4n) is 4.82. The Labute approximate surface area is 205 Å². The number of methoxy groups -OCH3 is 1. The van der Waals surface area contributed by atoms with Gasteiger partial charge >= 0.3 is 0 Å². The molecular formula is C29H32N4O2. The van der Waals surface area contributed by atoms with Crippen molar-refractivity contribution in [1.29, 1.82) is 5.41 Å². The van der Waals surface area contributed by atoms with Crippen molar-refractivity contribution in [3.63, 3.8) is 0 Å². The molecule has 4 aromatic rings. The topological polar surface area (TPSA) is 63.2 Å². The summed E-state index contributed by atoms with van der Waals surface area (Å²) in [5.74, 6) is 0.0376. The van der Waals surface area contributed by atoms with Crippen LogP contribution in [-0.2, 0) is 22.5 Å². The summed E-state index contributed by atoms with van der Waals surface area (Å²) < 4.78 is 9.34. The molecule has 1 saturated heterocycles. The van der Waals surface area contributed by atoms with E-state index < -0.39 is 6.04 Å². The first-order valence-corrected chi connectivity index (χ1v) is 12.1. The SMILES string of the molecule is COC1CN(C(=O)C(Cc2ccc(C)cc2)n2c(=N)n(Cc3ccc(C)cc3)c3ccccc32)C1. The van der Waals surface area contributed by atoms with Gasteiger partial charge in [0.2, 0.25) is 11.5 Å². The first-order valence-electron chi connectivity index (χ1n) is 12.1. The minimum atomic E-state index is -0.507. The van der Waals surface area contributed by atoms with Crippen molar-refractivity contribution in [3.05, 3.63) is 101 Å². The maximum absolute atomic E-state index is 13.8. The highest BCUT2D eigenvalue weighted by atomic mass is 16.5. The van der Waals surface area contributed by atoms with Gasteiger partial charge in [-0.05, 0) is 37.1 Å². The fourth-order valence-corrected chi connectivity index (χ4v) is 4.82. The number of hydrogen-bond acceptors (Lipinski definition) is 3. The summed E-state index contributed by atoms with van der Waals surface area (Å²) in [6, 6.07) is 24.2. The maximum atomic E-state index is 13.8. The molecule has 1 aliphatic rings. The van der Waals surface area contributed by atoms with E-state index in [0.717, 1.165) is 22.2 Å². The predicted octanol–water partition coefficient (Wildman–Crippen LogP) is 4.23. The third-order valence-corrected chi connectivity index (χ3v) is 7.02. The van der Waals surface area contributed by atoms with Crippen molar-refractivity contribution >= 4 is 16.9 Å². The summed E-state index contributed by atoms with van der Waals surface area (Å²) in [5, 5.41) is 9.21. The number of nitrogens with one attached hydrogen (secondary N) is 1. The largest absolute Gasteiger partial charge is 0.378 e. The Kier molecular flexibility index (Phi) is 6.31. The average Bonchev–Trinajstić information content (AvgIpc) is 3.10. The molecule has 2 heterocycles. The zero-order valence-electron chi connectivity index (χ0n) is 20.6. The molecule has 1 unspecified atom stereocenters. The Bertz CT molecular complexity index is 1390. The molecule has 1 fully saturated rings. The third-order valence-electron chi connectivity index (χ3n) is 7.02. The second-order valence-corrected chi connectivity index (χ2v) is 9.56. The number of rotatable bonds is 7. The molecule has 180 valence electrons. The van der Waals surface area contributed by atoms with Gasteiger partial charge in [-0.3, -0.25) is 14.8 Å². The molecule has 0 saturated carbocycles. The summed E-state index contributed by atoms with van der Waals surface area (Å²) in [7, 11) is 1.69. The van der Waals surface area contributed by atoms with Crippen molar-refractivity contribution in [3.8, 4) is 0 Å². The highest BCUT2D eigenvalue weighted by molar-refractivity contribution is 5.85. The number of nitrogens with zero attached hydrogens (tertiary/aromatic N) is 3. The molecule has 1 amide bonds. The lowest BCUT2D eigenvalue weighted by atomic mass is 10.0. The van der Waals surface area contributed by atoms with Crippen molar-refractivity contribution in [2.45, 2.75) is 39.0 Å². The highest BCUT2D eigenvalue weighted by Crippen LogP contribution is 2.26. The van der Waals surface area contributed by atoms with E-state index in [4.69, 9.17) is 4.74 Å². The van der Waals surface area contributed by atoms with Crippen LogP contribution in [0.4, 0.5) is 0 Å². The second-order valence-electron chi connectivity index (χ2n) is 9.56. The molecular weight excluding hydrogens is 436 g/mol. The Hall–Kier alpha value is -3.64. The van der Waals surface area contributed by atoms with Crippen LogP contribution in [-0.4, -0.2) is 46.2 Å². The second kappa shape index (κ2) is 9.55. The lowest BCUT2D eigenvalue weighted by Gasteiger charge is -2.40. The summed E-state index contributed by atoms with van der Waals surface area (Å²) in [4.78, 5) is 15.7. The van der Waals surface area contributed by atoms with Crippen LogP contribution >= 0.6 is 0 Å². The van der Waals surface area contributed by atoms with Gasteiger partial charge < -0.3 is 14.2 Å². The Balaban J connectivity index is 1.59. The van der Waals surface area contributed by atoms with Gasteiger partial charge in [-0.1, -0.05) is 71.8 Å². The lowest BCUT2D eigenvalue weighted by Crippen LogP contribution is -2.57. The smallest absolute Gasteiger partial charge is 0.246 e. The van der Waals surface area contributed by atoms with Crippen LogP contribution in [0.5, 0.6) is 0 Å². The average molecular weight is 469 g/mol. The third kappa shape index (κ3) is 4.54. The van der Waals surface area contributed by atoms with Crippen LogP contribution in [0.1, 0.15) is 28.3 Å². The van der Waals surface area contributed by atoms with Gasteiger partial charge in [0.25, 0.3) is 0 Å². The number of aromatic nitrogens is 2. The van der Waals surface area contributed by atoms with E-state index in [9.17, 15) is 10.2 Å². The number of fused-ring (bicyclic) bond motifs is 1. The summed E-state index contributed by atoms with van der Waals surface area (Å²) in [6.07, 6.45) is 0.616. The summed E-state index contributed by atoms with van der Waals surface area (Å²) in [6.45, 7) is 5.90. The molecule has 1 aromatic heterocycles. The number of carbonyl (C=O) groups is 1. The van der Waals surface area contributed by atoms with Gasteiger partial charge in [-0.25, -0.2) is 0 Å². The Morgan fingerprint density at radius 2 is 1.49 bits per heavy atom.